The minimum atomic E-state index is -0.465. The number of carbonyl (C=O) groups is 1. The summed E-state index contributed by atoms with van der Waals surface area (Å²) in [7, 11) is 0. The van der Waals surface area contributed by atoms with E-state index in [1.165, 1.54) is 18.6 Å². The maximum atomic E-state index is 12.4. The molecule has 22 heavy (non-hydrogen) atoms. The van der Waals surface area contributed by atoms with E-state index in [0.717, 1.165) is 13.1 Å². The number of nitrogens with one attached hydrogen (secondary N) is 1. The van der Waals surface area contributed by atoms with E-state index in [1.807, 2.05) is 6.92 Å². The first-order valence-corrected chi connectivity index (χ1v) is 7.66. The Morgan fingerprint density at radius 3 is 2.59 bits per heavy atom. The lowest BCUT2D eigenvalue weighted by Gasteiger charge is -2.38. The van der Waals surface area contributed by atoms with E-state index >= 15 is 0 Å². The maximum absolute atomic E-state index is 12.4. The number of rotatable bonds is 4. The number of anilines is 1. The first-order valence-electron chi connectivity index (χ1n) is 7.66. The predicted octanol–water partition coefficient (Wildman–Crippen LogP) is 2.90. The van der Waals surface area contributed by atoms with Gasteiger partial charge in [-0.25, -0.2) is 0 Å². The van der Waals surface area contributed by atoms with Gasteiger partial charge in [0.15, 0.2) is 0 Å². The molecule has 0 saturated carbocycles. The summed E-state index contributed by atoms with van der Waals surface area (Å²) in [5.74, 6) is 1.04. The third kappa shape index (κ3) is 4.04. The van der Waals surface area contributed by atoms with Gasteiger partial charge in [-0.05, 0) is 31.2 Å². The molecule has 1 amide bonds. The molecule has 1 saturated heterocycles. The molecule has 0 aromatic heterocycles. The first kappa shape index (κ1) is 16.4. The fraction of sp³-hybridized carbons (Fsp3) is 0.562. The predicted molar refractivity (Wildman–Crippen MR) is 85.7 cm³/mol. The smallest absolute Gasteiger partial charge is 0.271 e. The molecule has 0 radical (unpaired) electrons. The van der Waals surface area contributed by atoms with Crippen LogP contribution in [0.25, 0.3) is 0 Å². The molecule has 1 aliphatic rings. The number of hydrogen-bond donors (Lipinski definition) is 1. The molecule has 1 aliphatic heterocycles. The van der Waals surface area contributed by atoms with E-state index in [2.05, 4.69) is 24.1 Å². The van der Waals surface area contributed by atoms with Gasteiger partial charge in [-0.1, -0.05) is 19.9 Å². The van der Waals surface area contributed by atoms with E-state index in [0.29, 0.717) is 17.5 Å². The Bertz CT molecular complexity index is 551. The van der Waals surface area contributed by atoms with Crippen LogP contribution in [0, 0.1) is 22.0 Å². The molecule has 1 N–H and O–H groups in total. The zero-order valence-electron chi connectivity index (χ0n) is 13.3. The van der Waals surface area contributed by atoms with E-state index in [1.54, 1.807) is 12.1 Å². The largest absolute Gasteiger partial charge is 0.324 e. The SMILES string of the molecule is CC1CC(C)CN(C(C)C(=O)Nc2cccc([N+](=O)[O-])c2)C1. The van der Waals surface area contributed by atoms with E-state index in [-0.39, 0.29) is 17.6 Å². The molecule has 6 nitrogen and oxygen atoms in total. The number of non-ortho nitro benzene ring substituents is 1. The zero-order chi connectivity index (χ0) is 16.3. The average Bonchev–Trinajstić information content (AvgIpc) is 2.45. The van der Waals surface area contributed by atoms with Crippen LogP contribution in [0.4, 0.5) is 11.4 Å². The normalized spacial score (nSPS) is 23.8. The quantitative estimate of drug-likeness (QED) is 0.685. The van der Waals surface area contributed by atoms with E-state index in [4.69, 9.17) is 0 Å². The van der Waals surface area contributed by atoms with Crippen molar-refractivity contribution in [3.8, 4) is 0 Å². The first-order chi connectivity index (χ1) is 10.4. The number of nitro groups is 1. The van der Waals surface area contributed by atoms with Crippen LogP contribution in [0.2, 0.25) is 0 Å². The second kappa shape index (κ2) is 6.87. The molecule has 1 aromatic rings. The van der Waals surface area contributed by atoms with Crippen LogP contribution in [-0.4, -0.2) is 34.9 Å². The van der Waals surface area contributed by atoms with Crippen LogP contribution < -0.4 is 5.32 Å². The fourth-order valence-electron chi connectivity index (χ4n) is 3.14. The third-order valence-corrected chi connectivity index (χ3v) is 4.15. The van der Waals surface area contributed by atoms with Gasteiger partial charge < -0.3 is 5.32 Å². The van der Waals surface area contributed by atoms with Crippen molar-refractivity contribution in [1.29, 1.82) is 0 Å². The van der Waals surface area contributed by atoms with E-state index < -0.39 is 4.92 Å². The molecule has 1 heterocycles. The highest BCUT2D eigenvalue weighted by Gasteiger charge is 2.28. The van der Waals surface area contributed by atoms with Gasteiger partial charge in [0, 0.05) is 30.9 Å². The van der Waals surface area contributed by atoms with Crippen molar-refractivity contribution in [1.82, 2.24) is 4.90 Å². The van der Waals surface area contributed by atoms with E-state index in [9.17, 15) is 14.9 Å². The number of carbonyl (C=O) groups excluding carboxylic acids is 1. The highest BCUT2D eigenvalue weighted by molar-refractivity contribution is 5.94. The van der Waals surface area contributed by atoms with Crippen LogP contribution in [0.15, 0.2) is 24.3 Å². The molecular weight excluding hydrogens is 282 g/mol. The Kier molecular flexibility index (Phi) is 5.13. The van der Waals surface area contributed by atoms with Crippen LogP contribution >= 0.6 is 0 Å². The summed E-state index contributed by atoms with van der Waals surface area (Å²) in [6, 6.07) is 5.78. The summed E-state index contributed by atoms with van der Waals surface area (Å²) >= 11 is 0. The molecule has 3 unspecified atom stereocenters. The molecule has 3 atom stereocenters. The fourth-order valence-corrected chi connectivity index (χ4v) is 3.14. The Morgan fingerprint density at radius 2 is 2.00 bits per heavy atom. The van der Waals surface area contributed by atoms with Crippen LogP contribution in [0.5, 0.6) is 0 Å². The monoisotopic (exact) mass is 305 g/mol. The minimum Gasteiger partial charge on any atom is -0.324 e. The standard InChI is InChI=1S/C16H23N3O3/c1-11-7-12(2)10-18(9-11)13(3)16(20)17-14-5-4-6-15(8-14)19(21)22/h4-6,8,11-13H,7,9-10H2,1-3H3,(H,17,20). The molecule has 0 aliphatic carbocycles. The molecule has 1 fully saturated rings. The van der Waals surface area contributed by atoms with Gasteiger partial charge in [-0.2, -0.15) is 0 Å². The maximum Gasteiger partial charge on any atom is 0.271 e. The Balaban J connectivity index is 2.02. The number of hydrogen-bond acceptors (Lipinski definition) is 4. The van der Waals surface area contributed by atoms with Crippen molar-refractivity contribution in [2.24, 2.45) is 11.8 Å². The molecule has 0 bridgehead atoms. The number of nitro benzene ring substituents is 1. The topological polar surface area (TPSA) is 75.5 Å². The van der Waals surface area contributed by atoms with Gasteiger partial charge in [0.05, 0.1) is 11.0 Å². The van der Waals surface area contributed by atoms with Gasteiger partial charge >= 0.3 is 0 Å². The lowest BCUT2D eigenvalue weighted by Crippen LogP contribution is -2.48. The summed E-state index contributed by atoms with van der Waals surface area (Å²) < 4.78 is 0. The number of likely N-dealkylation sites (tertiary alicyclic amines) is 1. The minimum absolute atomic E-state index is 0.0225. The van der Waals surface area contributed by atoms with Crippen LogP contribution in [-0.2, 0) is 4.79 Å². The number of amides is 1. The van der Waals surface area contributed by atoms with Gasteiger partial charge in [-0.3, -0.25) is 19.8 Å². The highest BCUT2D eigenvalue weighted by Crippen LogP contribution is 2.23. The van der Waals surface area contributed by atoms with Gasteiger partial charge in [0.25, 0.3) is 5.69 Å². The Labute approximate surface area is 130 Å². The lowest BCUT2D eigenvalue weighted by molar-refractivity contribution is -0.384. The van der Waals surface area contributed by atoms with Crippen molar-refractivity contribution in [3.05, 3.63) is 34.4 Å². The Hall–Kier alpha value is -1.95. The van der Waals surface area contributed by atoms with Gasteiger partial charge in [0.1, 0.15) is 0 Å². The van der Waals surface area contributed by atoms with Crippen molar-refractivity contribution < 1.29 is 9.72 Å². The van der Waals surface area contributed by atoms with Gasteiger partial charge in [0.2, 0.25) is 5.91 Å². The second-order valence-electron chi connectivity index (χ2n) is 6.37. The number of nitrogens with zero attached hydrogens (tertiary/aromatic N) is 2. The molecule has 6 heteroatoms. The van der Waals surface area contributed by atoms with Crippen molar-refractivity contribution in [2.75, 3.05) is 18.4 Å². The molecule has 120 valence electrons. The van der Waals surface area contributed by atoms with Crippen LogP contribution in [0.3, 0.4) is 0 Å². The summed E-state index contributed by atoms with van der Waals surface area (Å²) in [6.45, 7) is 8.11. The van der Waals surface area contributed by atoms with Crippen molar-refractivity contribution in [3.63, 3.8) is 0 Å². The zero-order valence-corrected chi connectivity index (χ0v) is 13.3. The number of benzene rings is 1. The summed E-state index contributed by atoms with van der Waals surface area (Å²) in [5, 5.41) is 13.6. The van der Waals surface area contributed by atoms with Gasteiger partial charge in [-0.15, -0.1) is 0 Å². The third-order valence-electron chi connectivity index (χ3n) is 4.15. The second-order valence-corrected chi connectivity index (χ2v) is 6.37. The molecule has 1 aromatic carbocycles. The summed E-state index contributed by atoms with van der Waals surface area (Å²) in [5.41, 5.74) is 0.440. The van der Waals surface area contributed by atoms with Crippen LogP contribution in [0.1, 0.15) is 27.2 Å². The molecular formula is C16H23N3O3. The van der Waals surface area contributed by atoms with Crippen molar-refractivity contribution in [2.45, 2.75) is 33.2 Å². The summed E-state index contributed by atoms with van der Waals surface area (Å²) in [6.07, 6.45) is 1.19. The molecule has 0 spiro atoms. The highest BCUT2D eigenvalue weighted by atomic mass is 16.6. The average molecular weight is 305 g/mol. The number of piperidine rings is 1. The lowest BCUT2D eigenvalue weighted by atomic mass is 9.91. The molecule has 2 rings (SSSR count). The Morgan fingerprint density at radius 1 is 1.36 bits per heavy atom. The summed E-state index contributed by atoms with van der Waals surface area (Å²) in [4.78, 5) is 24.9. The van der Waals surface area contributed by atoms with Crippen molar-refractivity contribution >= 4 is 17.3 Å².